The minimum absolute atomic E-state index is 0.0587. The van der Waals surface area contributed by atoms with E-state index < -0.39 is 0 Å². The van der Waals surface area contributed by atoms with Crippen LogP contribution in [0.2, 0.25) is 10.0 Å². The SMILES string of the molecule is N#Cc1ccc(N2C(=O)CC(c3ccc(Cl)cc3Cl)C3=C2CCCC3=O)cc1. The van der Waals surface area contributed by atoms with Crippen LogP contribution in [0.3, 0.4) is 0 Å². The highest BCUT2D eigenvalue weighted by Gasteiger charge is 2.40. The zero-order valence-corrected chi connectivity index (χ0v) is 16.4. The summed E-state index contributed by atoms with van der Waals surface area (Å²) in [6.45, 7) is 0. The molecule has 140 valence electrons. The number of ketones is 1. The van der Waals surface area contributed by atoms with E-state index in [2.05, 4.69) is 6.07 Å². The molecule has 0 radical (unpaired) electrons. The number of anilines is 1. The van der Waals surface area contributed by atoms with Gasteiger partial charge in [0.1, 0.15) is 0 Å². The van der Waals surface area contributed by atoms with Crippen molar-refractivity contribution >= 4 is 40.6 Å². The number of carbonyl (C=O) groups is 2. The normalized spacial score (nSPS) is 19.5. The van der Waals surface area contributed by atoms with E-state index in [9.17, 15) is 9.59 Å². The maximum atomic E-state index is 13.1. The second kappa shape index (κ2) is 7.43. The molecule has 2 aromatic rings. The molecule has 1 atom stereocenters. The van der Waals surface area contributed by atoms with E-state index in [4.69, 9.17) is 28.5 Å². The molecule has 0 saturated heterocycles. The van der Waals surface area contributed by atoms with Crippen molar-refractivity contribution in [2.75, 3.05) is 4.90 Å². The molecule has 2 aromatic carbocycles. The largest absolute Gasteiger partial charge is 0.294 e. The minimum Gasteiger partial charge on any atom is -0.294 e. The molecule has 1 aliphatic heterocycles. The van der Waals surface area contributed by atoms with Gasteiger partial charge in [0.05, 0.1) is 11.6 Å². The van der Waals surface area contributed by atoms with Crippen molar-refractivity contribution < 1.29 is 9.59 Å². The standard InChI is InChI=1S/C22H16Cl2N2O2/c23-14-6-9-16(18(24)10-14)17-11-21(28)26(15-7-4-13(12-25)5-8-15)19-2-1-3-20(27)22(17)19/h4-10,17H,1-3,11H2. The third-order valence-electron chi connectivity index (χ3n) is 5.27. The predicted molar refractivity (Wildman–Crippen MR) is 108 cm³/mol. The Labute approximate surface area is 173 Å². The first-order chi connectivity index (χ1) is 13.5. The summed E-state index contributed by atoms with van der Waals surface area (Å²) in [5.41, 5.74) is 3.36. The summed E-state index contributed by atoms with van der Waals surface area (Å²) < 4.78 is 0. The summed E-state index contributed by atoms with van der Waals surface area (Å²) in [5, 5.41) is 9.99. The van der Waals surface area contributed by atoms with Crippen molar-refractivity contribution in [1.82, 2.24) is 0 Å². The molecule has 28 heavy (non-hydrogen) atoms. The zero-order chi connectivity index (χ0) is 19.8. The molecule has 1 heterocycles. The van der Waals surface area contributed by atoms with Gasteiger partial charge in [-0.1, -0.05) is 29.3 Å². The molecule has 0 saturated carbocycles. The number of rotatable bonds is 2. The van der Waals surface area contributed by atoms with Gasteiger partial charge in [0.2, 0.25) is 5.91 Å². The zero-order valence-electron chi connectivity index (χ0n) is 14.9. The van der Waals surface area contributed by atoms with Crippen LogP contribution in [0.25, 0.3) is 0 Å². The van der Waals surface area contributed by atoms with Crippen LogP contribution >= 0.6 is 23.2 Å². The second-order valence-electron chi connectivity index (χ2n) is 6.95. The number of halogens is 2. The number of nitrogens with zero attached hydrogens (tertiary/aromatic N) is 2. The van der Waals surface area contributed by atoms with Gasteiger partial charge in [0, 0.05) is 45.8 Å². The van der Waals surface area contributed by atoms with Gasteiger partial charge in [-0.25, -0.2) is 0 Å². The Bertz CT molecular complexity index is 1050. The van der Waals surface area contributed by atoms with Crippen LogP contribution < -0.4 is 4.90 Å². The van der Waals surface area contributed by atoms with Crippen LogP contribution in [0.15, 0.2) is 53.7 Å². The molecule has 1 amide bonds. The Kier molecular flexibility index (Phi) is 4.97. The van der Waals surface area contributed by atoms with Gasteiger partial charge in [-0.15, -0.1) is 0 Å². The first-order valence-electron chi connectivity index (χ1n) is 9.04. The number of carbonyl (C=O) groups excluding carboxylic acids is 2. The maximum absolute atomic E-state index is 13.1. The van der Waals surface area contributed by atoms with Crippen molar-refractivity contribution in [3.8, 4) is 6.07 Å². The molecule has 0 bridgehead atoms. The van der Waals surface area contributed by atoms with Crippen LogP contribution in [0.4, 0.5) is 5.69 Å². The molecule has 4 rings (SSSR count). The van der Waals surface area contributed by atoms with E-state index in [1.807, 2.05) is 0 Å². The fourth-order valence-electron chi connectivity index (χ4n) is 4.03. The Hall–Kier alpha value is -2.61. The number of Topliss-reactive ketones (excluding diaryl/α,β-unsaturated/α-hetero) is 1. The summed E-state index contributed by atoms with van der Waals surface area (Å²) in [5.74, 6) is -0.396. The maximum Gasteiger partial charge on any atom is 0.232 e. The molecule has 1 unspecified atom stereocenters. The summed E-state index contributed by atoms with van der Waals surface area (Å²) in [7, 11) is 0. The number of hydrogen-bond acceptors (Lipinski definition) is 3. The lowest BCUT2D eigenvalue weighted by Crippen LogP contribution is -2.40. The fraction of sp³-hybridized carbons (Fsp3) is 0.227. The van der Waals surface area contributed by atoms with Crippen LogP contribution in [-0.2, 0) is 9.59 Å². The number of amides is 1. The average Bonchev–Trinajstić information content (AvgIpc) is 2.68. The summed E-state index contributed by atoms with van der Waals surface area (Å²) in [4.78, 5) is 27.6. The Morgan fingerprint density at radius 3 is 2.46 bits per heavy atom. The Morgan fingerprint density at radius 2 is 1.79 bits per heavy atom. The van der Waals surface area contributed by atoms with E-state index in [1.165, 1.54) is 0 Å². The highest BCUT2D eigenvalue weighted by molar-refractivity contribution is 6.35. The smallest absolute Gasteiger partial charge is 0.232 e. The molecule has 0 aromatic heterocycles. The van der Waals surface area contributed by atoms with Crippen molar-refractivity contribution in [3.05, 3.63) is 74.9 Å². The topological polar surface area (TPSA) is 61.2 Å². The highest BCUT2D eigenvalue weighted by atomic mass is 35.5. The molecular weight excluding hydrogens is 395 g/mol. The molecule has 0 N–H and O–H groups in total. The number of allylic oxidation sites excluding steroid dienone is 2. The van der Waals surface area contributed by atoms with E-state index in [1.54, 1.807) is 47.4 Å². The first kappa shape index (κ1) is 18.7. The number of hydrogen-bond donors (Lipinski definition) is 0. The quantitative estimate of drug-likeness (QED) is 0.666. The lowest BCUT2D eigenvalue weighted by Gasteiger charge is -2.38. The first-order valence-corrected chi connectivity index (χ1v) is 9.79. The highest BCUT2D eigenvalue weighted by Crippen LogP contribution is 2.45. The summed E-state index contributed by atoms with van der Waals surface area (Å²) in [6.07, 6.45) is 1.98. The van der Waals surface area contributed by atoms with Crippen LogP contribution in [0.1, 0.15) is 42.7 Å². The molecule has 2 aliphatic rings. The molecule has 1 aliphatic carbocycles. The van der Waals surface area contributed by atoms with Gasteiger partial charge < -0.3 is 0 Å². The fourth-order valence-corrected chi connectivity index (χ4v) is 4.57. The molecule has 4 nitrogen and oxygen atoms in total. The van der Waals surface area contributed by atoms with E-state index in [0.29, 0.717) is 46.1 Å². The number of nitriles is 1. The van der Waals surface area contributed by atoms with E-state index >= 15 is 0 Å². The van der Waals surface area contributed by atoms with Gasteiger partial charge in [0.15, 0.2) is 5.78 Å². The third-order valence-corrected chi connectivity index (χ3v) is 5.83. The average molecular weight is 411 g/mol. The van der Waals surface area contributed by atoms with E-state index in [0.717, 1.165) is 11.3 Å². The van der Waals surface area contributed by atoms with E-state index in [-0.39, 0.29) is 24.0 Å². The van der Waals surface area contributed by atoms with Gasteiger partial charge in [-0.2, -0.15) is 5.26 Å². The van der Waals surface area contributed by atoms with Crippen LogP contribution in [-0.4, -0.2) is 11.7 Å². The van der Waals surface area contributed by atoms with Crippen molar-refractivity contribution in [2.45, 2.75) is 31.6 Å². The van der Waals surface area contributed by atoms with Crippen molar-refractivity contribution in [3.63, 3.8) is 0 Å². The summed E-state index contributed by atoms with van der Waals surface area (Å²) >= 11 is 12.4. The predicted octanol–water partition coefficient (Wildman–Crippen LogP) is 5.39. The monoisotopic (exact) mass is 410 g/mol. The van der Waals surface area contributed by atoms with Gasteiger partial charge in [0.25, 0.3) is 0 Å². The molecule has 0 spiro atoms. The Balaban J connectivity index is 1.85. The van der Waals surface area contributed by atoms with Crippen molar-refractivity contribution in [2.24, 2.45) is 0 Å². The van der Waals surface area contributed by atoms with Gasteiger partial charge in [-0.05, 0) is 54.8 Å². The lowest BCUT2D eigenvalue weighted by atomic mass is 9.77. The lowest BCUT2D eigenvalue weighted by molar-refractivity contribution is -0.119. The second-order valence-corrected chi connectivity index (χ2v) is 7.79. The summed E-state index contributed by atoms with van der Waals surface area (Å²) in [6, 6.07) is 14.1. The Morgan fingerprint density at radius 1 is 1.04 bits per heavy atom. The molecular formula is C22H16Cl2N2O2. The molecule has 6 heteroatoms. The molecule has 0 fully saturated rings. The van der Waals surface area contributed by atoms with Crippen LogP contribution in [0, 0.1) is 11.3 Å². The van der Waals surface area contributed by atoms with Gasteiger partial charge >= 0.3 is 0 Å². The van der Waals surface area contributed by atoms with Crippen LogP contribution in [0.5, 0.6) is 0 Å². The van der Waals surface area contributed by atoms with Crippen molar-refractivity contribution in [1.29, 1.82) is 5.26 Å². The van der Waals surface area contributed by atoms with Gasteiger partial charge in [-0.3, -0.25) is 14.5 Å². The number of benzene rings is 2. The minimum atomic E-state index is -0.366. The third kappa shape index (κ3) is 3.22.